The van der Waals surface area contributed by atoms with Crippen LogP contribution in [0.15, 0.2) is 0 Å². The molecule has 0 aromatic rings. The maximum absolute atomic E-state index is 12.0. The summed E-state index contributed by atoms with van der Waals surface area (Å²) in [6.45, 7) is 3.83. The summed E-state index contributed by atoms with van der Waals surface area (Å²) in [5.74, 6) is -0.686. The van der Waals surface area contributed by atoms with E-state index in [1.807, 2.05) is 13.8 Å². The predicted molar refractivity (Wildman–Crippen MR) is 81.0 cm³/mol. The lowest BCUT2D eigenvalue weighted by Crippen LogP contribution is -2.32. The number of rotatable bonds is 6. The van der Waals surface area contributed by atoms with Gasteiger partial charge < -0.3 is 18.9 Å². The van der Waals surface area contributed by atoms with Crippen LogP contribution < -0.4 is 0 Å². The van der Waals surface area contributed by atoms with Gasteiger partial charge in [-0.25, -0.2) is 0 Å². The predicted octanol–water partition coefficient (Wildman–Crippen LogP) is 2.90. The first-order valence-electron chi connectivity index (χ1n) is 8.29. The lowest BCUT2D eigenvalue weighted by atomic mass is 9.98. The van der Waals surface area contributed by atoms with Crippen molar-refractivity contribution in [3.63, 3.8) is 0 Å². The molecule has 7 nitrogen and oxygen atoms in total. The zero-order chi connectivity index (χ0) is 16.4. The third-order valence-corrected chi connectivity index (χ3v) is 5.30. The van der Waals surface area contributed by atoms with Crippen molar-refractivity contribution in [1.29, 1.82) is 0 Å². The first kappa shape index (κ1) is 17.7. The highest BCUT2D eigenvalue weighted by molar-refractivity contribution is 7.33. The monoisotopic (exact) mass is 349 g/mol. The topological polar surface area (TPSA) is 72.5 Å². The third-order valence-electron chi connectivity index (χ3n) is 4.47. The molecule has 0 aromatic heterocycles. The molecule has 2 aliphatic heterocycles. The maximum Gasteiger partial charge on any atom is 0.697 e. The highest BCUT2D eigenvalue weighted by atomic mass is 31.1. The van der Waals surface area contributed by atoms with E-state index in [0.717, 1.165) is 25.7 Å². The Labute approximate surface area is 137 Å². The van der Waals surface area contributed by atoms with Crippen LogP contribution in [-0.4, -0.2) is 50.2 Å². The molecule has 0 spiro atoms. The third kappa shape index (κ3) is 4.28. The van der Waals surface area contributed by atoms with Gasteiger partial charge in [0.2, 0.25) is 0 Å². The fraction of sp³-hybridized carbons (Fsp3) is 1.00. The second-order valence-corrected chi connectivity index (χ2v) is 7.64. The standard InChI is InChI=1S/C15H26O7P/c1-15(2)20-12-11(19-14(17-3)13(12)21-15)9-18-23(16)22-10-7-5-4-6-8-10/h10-14H,4-9H2,1-3H3/q+1/t11-,12-,13-,14?/m1/s1. The molecule has 0 radical (unpaired) electrons. The van der Waals surface area contributed by atoms with E-state index >= 15 is 0 Å². The van der Waals surface area contributed by atoms with E-state index < -0.39 is 20.3 Å². The minimum Gasteiger partial charge on any atom is -0.353 e. The van der Waals surface area contributed by atoms with Crippen LogP contribution in [0.25, 0.3) is 0 Å². The molecule has 2 unspecified atom stereocenters. The van der Waals surface area contributed by atoms with E-state index in [9.17, 15) is 4.57 Å². The molecule has 23 heavy (non-hydrogen) atoms. The van der Waals surface area contributed by atoms with Crippen molar-refractivity contribution < 1.29 is 32.6 Å². The summed E-state index contributed by atoms with van der Waals surface area (Å²) in [5, 5.41) is 0. The minimum atomic E-state index is -2.15. The Hall–Kier alpha value is -0.140. The van der Waals surface area contributed by atoms with Gasteiger partial charge >= 0.3 is 8.25 Å². The van der Waals surface area contributed by atoms with Crippen molar-refractivity contribution in [3.05, 3.63) is 0 Å². The van der Waals surface area contributed by atoms with Crippen LogP contribution >= 0.6 is 8.25 Å². The lowest BCUT2D eigenvalue weighted by molar-refractivity contribution is -0.229. The van der Waals surface area contributed by atoms with E-state index in [1.165, 1.54) is 6.42 Å². The Kier molecular flexibility index (Phi) is 5.68. The van der Waals surface area contributed by atoms with Crippen LogP contribution in [0, 0.1) is 0 Å². The van der Waals surface area contributed by atoms with E-state index in [4.69, 9.17) is 28.0 Å². The van der Waals surface area contributed by atoms with Crippen LogP contribution in [-0.2, 0) is 32.6 Å². The largest absolute Gasteiger partial charge is 0.697 e. The second-order valence-electron chi connectivity index (χ2n) is 6.73. The van der Waals surface area contributed by atoms with Crippen molar-refractivity contribution >= 4 is 8.25 Å². The summed E-state index contributed by atoms with van der Waals surface area (Å²) in [6, 6.07) is 0. The molecule has 2 saturated heterocycles. The zero-order valence-corrected chi connectivity index (χ0v) is 14.8. The van der Waals surface area contributed by atoms with Crippen molar-refractivity contribution in [1.82, 2.24) is 0 Å². The molecule has 5 atom stereocenters. The van der Waals surface area contributed by atoms with Crippen molar-refractivity contribution in [2.75, 3.05) is 13.7 Å². The summed E-state index contributed by atoms with van der Waals surface area (Å²) in [6.07, 6.45) is 3.92. The second kappa shape index (κ2) is 7.40. The van der Waals surface area contributed by atoms with Crippen molar-refractivity contribution in [2.45, 2.75) is 82.4 Å². The Morgan fingerprint density at radius 3 is 2.52 bits per heavy atom. The minimum absolute atomic E-state index is 0.0429. The van der Waals surface area contributed by atoms with Gasteiger partial charge in [-0.05, 0) is 26.7 Å². The summed E-state index contributed by atoms with van der Waals surface area (Å²) < 4.78 is 45.5. The van der Waals surface area contributed by atoms with Gasteiger partial charge in [0.25, 0.3) is 0 Å². The Morgan fingerprint density at radius 2 is 1.83 bits per heavy atom. The van der Waals surface area contributed by atoms with E-state index in [1.54, 1.807) is 7.11 Å². The normalized spacial score (nSPS) is 37.8. The van der Waals surface area contributed by atoms with Gasteiger partial charge in [0.05, 0.1) is 0 Å². The molecule has 3 fully saturated rings. The fourth-order valence-electron chi connectivity index (χ4n) is 3.42. The summed E-state index contributed by atoms with van der Waals surface area (Å²) in [4.78, 5) is 0. The molecule has 3 aliphatic rings. The molecule has 2 heterocycles. The van der Waals surface area contributed by atoms with Crippen LogP contribution in [0.2, 0.25) is 0 Å². The molecular formula is C15H26O7P+. The molecule has 1 saturated carbocycles. The SMILES string of the molecule is COC1O[C@H](CO[P+](=O)OC2CCCCC2)[C@H]2OC(C)(C)O[C@@H]12. The molecule has 3 rings (SSSR count). The average molecular weight is 349 g/mol. The summed E-state index contributed by atoms with van der Waals surface area (Å²) >= 11 is 0. The number of ether oxygens (including phenoxy) is 4. The fourth-order valence-corrected chi connectivity index (χ4v) is 4.21. The molecule has 0 amide bonds. The quantitative estimate of drug-likeness (QED) is 0.683. The zero-order valence-electron chi connectivity index (χ0n) is 13.9. The van der Waals surface area contributed by atoms with Gasteiger partial charge in [-0.1, -0.05) is 19.3 Å². The lowest BCUT2D eigenvalue weighted by Gasteiger charge is -2.22. The number of hydrogen-bond acceptors (Lipinski definition) is 7. The van der Waals surface area contributed by atoms with Gasteiger partial charge in [0, 0.05) is 11.7 Å². The maximum atomic E-state index is 12.0. The molecular weight excluding hydrogens is 323 g/mol. The molecule has 8 heteroatoms. The van der Waals surface area contributed by atoms with Crippen LogP contribution in [0.3, 0.4) is 0 Å². The first-order valence-corrected chi connectivity index (χ1v) is 9.39. The van der Waals surface area contributed by atoms with Gasteiger partial charge in [-0.2, -0.15) is 0 Å². The van der Waals surface area contributed by atoms with E-state index in [-0.39, 0.29) is 31.0 Å². The highest BCUT2D eigenvalue weighted by Gasteiger charge is 2.56. The Morgan fingerprint density at radius 1 is 1.13 bits per heavy atom. The smallest absolute Gasteiger partial charge is 0.353 e. The molecule has 0 N–H and O–H groups in total. The van der Waals surface area contributed by atoms with Crippen molar-refractivity contribution in [2.24, 2.45) is 0 Å². The Bertz CT molecular complexity index is 424. The van der Waals surface area contributed by atoms with Gasteiger partial charge in [-0.3, -0.25) is 0 Å². The molecule has 132 valence electrons. The van der Waals surface area contributed by atoms with Crippen LogP contribution in [0.4, 0.5) is 0 Å². The van der Waals surface area contributed by atoms with Crippen LogP contribution in [0.5, 0.6) is 0 Å². The van der Waals surface area contributed by atoms with Gasteiger partial charge in [-0.15, -0.1) is 9.05 Å². The Balaban J connectivity index is 1.48. The summed E-state index contributed by atoms with van der Waals surface area (Å²) in [7, 11) is -0.585. The molecule has 1 aliphatic carbocycles. The van der Waals surface area contributed by atoms with E-state index in [2.05, 4.69) is 0 Å². The van der Waals surface area contributed by atoms with Gasteiger partial charge in [0.1, 0.15) is 31.0 Å². The van der Waals surface area contributed by atoms with E-state index in [0.29, 0.717) is 0 Å². The van der Waals surface area contributed by atoms with Crippen LogP contribution in [0.1, 0.15) is 46.0 Å². The van der Waals surface area contributed by atoms with Gasteiger partial charge in [0.15, 0.2) is 12.1 Å². The van der Waals surface area contributed by atoms with Crippen molar-refractivity contribution in [3.8, 4) is 0 Å². The molecule has 0 bridgehead atoms. The highest BCUT2D eigenvalue weighted by Crippen LogP contribution is 2.40. The first-order chi connectivity index (χ1) is 11.0. The number of fused-ring (bicyclic) bond motifs is 1. The summed E-state index contributed by atoms with van der Waals surface area (Å²) in [5.41, 5.74) is 0. The number of hydrogen-bond donors (Lipinski definition) is 0. The average Bonchev–Trinajstić information content (AvgIpc) is 2.99. The molecule has 0 aromatic carbocycles. The number of methoxy groups -OCH3 is 1.